The molecule has 0 amide bonds. The minimum absolute atomic E-state index is 0.468. The first-order valence-electron chi connectivity index (χ1n) is 6.47. The number of hydrogen-bond donors (Lipinski definition) is 1. The summed E-state index contributed by atoms with van der Waals surface area (Å²) in [6, 6.07) is 1.23. The summed E-state index contributed by atoms with van der Waals surface area (Å²) in [6.07, 6.45) is 3.31. The topological polar surface area (TPSA) is 33.1 Å². The quantitative estimate of drug-likeness (QED) is 0.872. The predicted molar refractivity (Wildman–Crippen MR) is 71.4 cm³/mol. The summed E-state index contributed by atoms with van der Waals surface area (Å²) in [5, 5.41) is 8.18. The number of aryl methyl sites for hydroxylation is 1. The Bertz CT molecular complexity index is 373. The second-order valence-corrected chi connectivity index (χ2v) is 5.62. The fraction of sp³-hybridized carbons (Fsp3) is 0.769. The molecule has 4 heteroatoms. The predicted octanol–water partition coefficient (Wildman–Crippen LogP) is 2.05. The van der Waals surface area contributed by atoms with Crippen LogP contribution in [0.25, 0.3) is 0 Å². The molecule has 0 aliphatic carbocycles. The summed E-state index contributed by atoms with van der Waals surface area (Å²) in [7, 11) is 4.18. The van der Waals surface area contributed by atoms with E-state index in [-0.39, 0.29) is 0 Å². The number of hydrogen-bond acceptors (Lipinski definition) is 3. The maximum atomic E-state index is 4.53. The van der Waals surface area contributed by atoms with Gasteiger partial charge in [0, 0.05) is 31.9 Å². The van der Waals surface area contributed by atoms with Gasteiger partial charge in [0.2, 0.25) is 0 Å². The highest BCUT2D eigenvalue weighted by atomic mass is 15.3. The Morgan fingerprint density at radius 3 is 2.65 bits per heavy atom. The number of rotatable bonds is 3. The summed E-state index contributed by atoms with van der Waals surface area (Å²) < 4.78 is 1.90. The van der Waals surface area contributed by atoms with Crippen molar-refractivity contribution in [3.63, 3.8) is 0 Å². The zero-order chi connectivity index (χ0) is 12.6. The number of likely N-dealkylation sites (N-methyl/N-ethyl adjacent to an activating group) is 1. The third-order valence-corrected chi connectivity index (χ3v) is 3.65. The minimum atomic E-state index is 0.468. The van der Waals surface area contributed by atoms with Crippen LogP contribution in [0.5, 0.6) is 0 Å². The molecule has 0 spiro atoms. The van der Waals surface area contributed by atoms with Crippen LogP contribution in [0.2, 0.25) is 0 Å². The SMILES string of the molecule is CC(C)c1nn(C)cc1NC1CC(C)N(C)C1. The summed E-state index contributed by atoms with van der Waals surface area (Å²) in [5.41, 5.74) is 2.38. The number of nitrogens with one attached hydrogen (secondary N) is 1. The molecule has 1 N–H and O–H groups in total. The third kappa shape index (κ3) is 2.63. The van der Waals surface area contributed by atoms with Crippen LogP contribution in [-0.2, 0) is 7.05 Å². The fourth-order valence-electron chi connectivity index (χ4n) is 2.56. The van der Waals surface area contributed by atoms with E-state index in [1.165, 1.54) is 17.8 Å². The minimum Gasteiger partial charge on any atom is -0.378 e. The summed E-state index contributed by atoms with van der Waals surface area (Å²) >= 11 is 0. The van der Waals surface area contributed by atoms with Crippen LogP contribution >= 0.6 is 0 Å². The normalized spacial score (nSPS) is 25.8. The van der Waals surface area contributed by atoms with Gasteiger partial charge in [0.05, 0.1) is 11.4 Å². The van der Waals surface area contributed by atoms with Crippen molar-refractivity contribution in [1.82, 2.24) is 14.7 Å². The van der Waals surface area contributed by atoms with Crippen LogP contribution in [0.3, 0.4) is 0 Å². The molecule has 1 aromatic heterocycles. The van der Waals surface area contributed by atoms with Gasteiger partial charge < -0.3 is 10.2 Å². The first-order valence-corrected chi connectivity index (χ1v) is 6.47. The molecule has 4 nitrogen and oxygen atoms in total. The van der Waals surface area contributed by atoms with Crippen LogP contribution in [0.1, 0.15) is 38.8 Å². The van der Waals surface area contributed by atoms with Crippen molar-refractivity contribution in [3.05, 3.63) is 11.9 Å². The van der Waals surface area contributed by atoms with Gasteiger partial charge >= 0.3 is 0 Å². The van der Waals surface area contributed by atoms with Gasteiger partial charge in [-0.15, -0.1) is 0 Å². The first-order chi connectivity index (χ1) is 7.97. The maximum absolute atomic E-state index is 4.53. The van der Waals surface area contributed by atoms with Crippen molar-refractivity contribution in [2.75, 3.05) is 18.9 Å². The largest absolute Gasteiger partial charge is 0.378 e. The molecule has 96 valence electrons. The third-order valence-electron chi connectivity index (χ3n) is 3.65. The molecule has 1 aliphatic rings. The monoisotopic (exact) mass is 236 g/mol. The lowest BCUT2D eigenvalue weighted by atomic mass is 10.1. The van der Waals surface area contributed by atoms with Gasteiger partial charge in [-0.3, -0.25) is 4.68 Å². The van der Waals surface area contributed by atoms with Crippen molar-refractivity contribution in [2.24, 2.45) is 7.05 Å². The van der Waals surface area contributed by atoms with Crippen molar-refractivity contribution >= 4 is 5.69 Å². The van der Waals surface area contributed by atoms with Crippen molar-refractivity contribution in [3.8, 4) is 0 Å². The lowest BCUT2D eigenvalue weighted by molar-refractivity contribution is 0.330. The molecule has 17 heavy (non-hydrogen) atoms. The molecule has 0 saturated carbocycles. The van der Waals surface area contributed by atoms with Crippen LogP contribution in [-0.4, -0.2) is 40.4 Å². The standard InChI is InChI=1S/C13H24N4/c1-9(2)13-12(8-17(5)15-13)14-11-6-10(3)16(4)7-11/h8-11,14H,6-7H2,1-5H3. The van der Waals surface area contributed by atoms with E-state index in [9.17, 15) is 0 Å². The zero-order valence-corrected chi connectivity index (χ0v) is 11.6. The second-order valence-electron chi connectivity index (χ2n) is 5.62. The Labute approximate surface area is 104 Å². The molecule has 2 rings (SSSR count). The van der Waals surface area contributed by atoms with Crippen LogP contribution in [0.4, 0.5) is 5.69 Å². The molecule has 0 bridgehead atoms. The molecule has 2 unspecified atom stereocenters. The molecule has 1 aliphatic heterocycles. The zero-order valence-electron chi connectivity index (χ0n) is 11.6. The highest BCUT2D eigenvalue weighted by molar-refractivity contribution is 5.48. The van der Waals surface area contributed by atoms with Gasteiger partial charge in [-0.1, -0.05) is 13.8 Å². The highest BCUT2D eigenvalue weighted by Gasteiger charge is 2.27. The van der Waals surface area contributed by atoms with Crippen molar-refractivity contribution < 1.29 is 0 Å². The molecule has 0 aromatic carbocycles. The average Bonchev–Trinajstić information content (AvgIpc) is 2.72. The van der Waals surface area contributed by atoms with Crippen molar-refractivity contribution in [2.45, 2.75) is 45.2 Å². The van der Waals surface area contributed by atoms with Crippen LogP contribution in [0, 0.1) is 0 Å². The van der Waals surface area contributed by atoms with E-state index in [0.717, 1.165) is 6.54 Å². The lowest BCUT2D eigenvalue weighted by Crippen LogP contribution is -2.25. The molecule has 1 aromatic rings. The van der Waals surface area contributed by atoms with E-state index in [1.807, 2.05) is 11.7 Å². The smallest absolute Gasteiger partial charge is 0.0881 e. The highest BCUT2D eigenvalue weighted by Crippen LogP contribution is 2.25. The van der Waals surface area contributed by atoms with E-state index in [1.54, 1.807) is 0 Å². The Morgan fingerprint density at radius 1 is 1.41 bits per heavy atom. The van der Waals surface area contributed by atoms with Gasteiger partial charge in [0.25, 0.3) is 0 Å². The van der Waals surface area contributed by atoms with Gasteiger partial charge in [0.15, 0.2) is 0 Å². The summed E-state index contributed by atoms with van der Waals surface area (Å²) in [5.74, 6) is 0.468. The second kappa shape index (κ2) is 4.69. The molecular weight excluding hydrogens is 212 g/mol. The van der Waals surface area contributed by atoms with E-state index < -0.39 is 0 Å². The Hall–Kier alpha value is -1.03. The van der Waals surface area contributed by atoms with Gasteiger partial charge in [0.1, 0.15) is 0 Å². The molecule has 0 radical (unpaired) electrons. The molecule has 2 heterocycles. The Kier molecular flexibility index (Phi) is 3.43. The molecule has 1 saturated heterocycles. The van der Waals surface area contributed by atoms with Gasteiger partial charge in [-0.25, -0.2) is 0 Å². The van der Waals surface area contributed by atoms with E-state index in [4.69, 9.17) is 0 Å². The fourth-order valence-corrected chi connectivity index (χ4v) is 2.56. The summed E-state index contributed by atoms with van der Waals surface area (Å²) in [6.45, 7) is 7.79. The average molecular weight is 236 g/mol. The van der Waals surface area contributed by atoms with Gasteiger partial charge in [-0.2, -0.15) is 5.10 Å². The number of aromatic nitrogens is 2. The molecule has 2 atom stereocenters. The van der Waals surface area contributed by atoms with E-state index in [2.05, 4.69) is 49.3 Å². The van der Waals surface area contributed by atoms with E-state index >= 15 is 0 Å². The molecular formula is C13H24N4. The number of nitrogens with zero attached hydrogens (tertiary/aromatic N) is 3. The number of likely N-dealkylation sites (tertiary alicyclic amines) is 1. The lowest BCUT2D eigenvalue weighted by Gasteiger charge is -2.15. The molecule has 1 fully saturated rings. The van der Waals surface area contributed by atoms with Crippen molar-refractivity contribution in [1.29, 1.82) is 0 Å². The van der Waals surface area contributed by atoms with Gasteiger partial charge in [-0.05, 0) is 26.3 Å². The van der Waals surface area contributed by atoms with Crippen LogP contribution < -0.4 is 5.32 Å². The summed E-state index contributed by atoms with van der Waals surface area (Å²) in [4.78, 5) is 2.41. The van der Waals surface area contributed by atoms with E-state index in [0.29, 0.717) is 18.0 Å². The maximum Gasteiger partial charge on any atom is 0.0881 e. The number of anilines is 1. The Morgan fingerprint density at radius 2 is 2.12 bits per heavy atom. The first kappa shape index (κ1) is 12.4. The van der Waals surface area contributed by atoms with Crippen LogP contribution in [0.15, 0.2) is 6.20 Å². The Balaban J connectivity index is 2.08.